The highest BCUT2D eigenvalue weighted by atomic mass is 32.2. The second kappa shape index (κ2) is 9.41. The predicted octanol–water partition coefficient (Wildman–Crippen LogP) is 5.96. The van der Waals surface area contributed by atoms with E-state index in [2.05, 4.69) is 36.9 Å². The summed E-state index contributed by atoms with van der Waals surface area (Å²) in [6, 6.07) is 20.1. The van der Waals surface area contributed by atoms with E-state index in [9.17, 15) is 4.21 Å². The van der Waals surface area contributed by atoms with Crippen molar-refractivity contribution in [3.05, 3.63) is 89.8 Å². The van der Waals surface area contributed by atoms with Crippen molar-refractivity contribution in [3.8, 4) is 11.3 Å². The van der Waals surface area contributed by atoms with Crippen LogP contribution >= 0.6 is 0 Å². The van der Waals surface area contributed by atoms with Crippen LogP contribution in [0.15, 0.2) is 71.8 Å². The van der Waals surface area contributed by atoms with Crippen molar-refractivity contribution in [2.24, 2.45) is 5.14 Å². The lowest BCUT2D eigenvalue weighted by molar-refractivity contribution is 0.459. The van der Waals surface area contributed by atoms with Gasteiger partial charge in [-0.1, -0.05) is 54.2 Å². The lowest BCUT2D eigenvalue weighted by Gasteiger charge is -2.29. The second-order valence-corrected chi connectivity index (χ2v) is 10.7. The van der Waals surface area contributed by atoms with Crippen molar-refractivity contribution in [2.45, 2.75) is 44.3 Å². The van der Waals surface area contributed by atoms with Gasteiger partial charge in [0.1, 0.15) is 5.69 Å². The average molecular weight is 460 g/mol. The normalized spacial score (nSPS) is 13.7. The van der Waals surface area contributed by atoms with E-state index in [-0.39, 0.29) is 5.92 Å². The van der Waals surface area contributed by atoms with E-state index in [1.165, 1.54) is 0 Å². The number of benzene rings is 2. The van der Waals surface area contributed by atoms with Crippen LogP contribution in [-0.4, -0.2) is 19.1 Å². The minimum absolute atomic E-state index is 0.0189. The van der Waals surface area contributed by atoms with Gasteiger partial charge >= 0.3 is 0 Å². The third-order valence-electron chi connectivity index (χ3n) is 6.19. The summed E-state index contributed by atoms with van der Waals surface area (Å²) in [6.07, 6.45) is 3.07. The number of hydrogen-bond acceptors (Lipinski definition) is 4. The second-order valence-electron chi connectivity index (χ2n) is 8.98. The fraction of sp³-hybridized carbons (Fsp3) is 0.259. The van der Waals surface area contributed by atoms with E-state index >= 15 is 0 Å². The molecule has 5 nitrogen and oxygen atoms in total. The summed E-state index contributed by atoms with van der Waals surface area (Å²) in [5.74, 6) is 0.0189. The molecule has 0 bridgehead atoms. The predicted molar refractivity (Wildman–Crippen MR) is 136 cm³/mol. The Labute approximate surface area is 197 Å². The van der Waals surface area contributed by atoms with Gasteiger partial charge in [0.2, 0.25) is 0 Å². The fourth-order valence-corrected chi connectivity index (χ4v) is 4.62. The number of nitrogens with two attached hydrogens (primary N) is 1. The number of hydrogen-bond donors (Lipinski definition) is 1. The molecule has 0 saturated heterocycles. The monoisotopic (exact) mass is 459 g/mol. The van der Waals surface area contributed by atoms with Gasteiger partial charge in [-0.15, -0.1) is 0 Å². The number of pyridine rings is 1. The van der Waals surface area contributed by atoms with Crippen molar-refractivity contribution >= 4 is 28.0 Å². The Kier molecular flexibility index (Phi) is 6.58. The van der Waals surface area contributed by atoms with Gasteiger partial charge in [0.05, 0.1) is 21.4 Å². The van der Waals surface area contributed by atoms with Gasteiger partial charge < -0.3 is 4.52 Å². The van der Waals surface area contributed by atoms with Crippen molar-refractivity contribution in [1.29, 1.82) is 0 Å². The average Bonchev–Trinajstić information content (AvgIpc) is 3.24. The van der Waals surface area contributed by atoms with Crippen LogP contribution in [0.2, 0.25) is 0 Å². The first-order valence-corrected chi connectivity index (χ1v) is 12.2. The molecule has 2 aromatic heterocycles. The van der Waals surface area contributed by atoms with Crippen LogP contribution in [0.1, 0.15) is 48.7 Å². The zero-order valence-electron chi connectivity index (χ0n) is 19.2. The van der Waals surface area contributed by atoms with E-state index < -0.39 is 15.7 Å². The molecule has 0 fully saturated rings. The van der Waals surface area contributed by atoms with Crippen LogP contribution in [0.4, 0.5) is 0 Å². The summed E-state index contributed by atoms with van der Waals surface area (Å²) >= 11 is 0. The smallest absolute Gasteiger partial charge is 0.167 e. The summed E-state index contributed by atoms with van der Waals surface area (Å²) < 4.78 is 17.4. The molecule has 6 heteroatoms. The Bertz CT molecular complexity index is 1330. The molecule has 2 N–H and O–H groups in total. The van der Waals surface area contributed by atoms with Crippen LogP contribution in [0, 0.1) is 6.92 Å². The Morgan fingerprint density at radius 2 is 1.85 bits per heavy atom. The Balaban J connectivity index is 1.85. The van der Waals surface area contributed by atoms with E-state index in [0.717, 1.165) is 44.7 Å². The molecule has 0 amide bonds. The molecule has 0 aliphatic rings. The minimum Gasteiger partial charge on any atom is -0.356 e. The SMILES string of the molecule is C=Cc1ccc(C)c(C[C@@H](CC(C)(C)S(N)=O)c2ccccc2-c2noc3ccccc23)n1. The standard InChI is InChI=1S/C27H29N3O2S/c1-5-20-15-14-18(2)24(29-20)16-19(17-27(3,4)33(28)31)21-10-6-7-11-22(21)26-23-12-8-9-13-25(23)32-30-26/h5-15,19H,1,16-17,28H2,2-4H3/t19-,33?/m0/s1. The molecule has 4 rings (SSSR count). The van der Waals surface area contributed by atoms with E-state index in [1.807, 2.05) is 56.3 Å². The molecule has 170 valence electrons. The molecule has 0 radical (unpaired) electrons. The lowest BCUT2D eigenvalue weighted by Crippen LogP contribution is -2.34. The number of fused-ring (bicyclic) bond motifs is 1. The Hall–Kier alpha value is -3.09. The van der Waals surface area contributed by atoms with Gasteiger partial charge in [-0.25, -0.2) is 4.21 Å². The molecule has 2 atom stereocenters. The van der Waals surface area contributed by atoms with Crippen molar-refractivity contribution < 1.29 is 8.73 Å². The van der Waals surface area contributed by atoms with Crippen LogP contribution in [-0.2, 0) is 17.4 Å². The maximum Gasteiger partial charge on any atom is 0.167 e. The summed E-state index contributed by atoms with van der Waals surface area (Å²) in [6.45, 7) is 9.82. The highest BCUT2D eigenvalue weighted by molar-refractivity contribution is 7.84. The summed E-state index contributed by atoms with van der Waals surface area (Å²) in [5, 5.41) is 11.3. The zero-order chi connectivity index (χ0) is 23.6. The third kappa shape index (κ3) is 4.82. The molecule has 4 aromatic rings. The molecule has 0 aliphatic carbocycles. The van der Waals surface area contributed by atoms with Crippen LogP contribution in [0.5, 0.6) is 0 Å². The van der Waals surface area contributed by atoms with Gasteiger partial charge in [-0.05, 0) is 74.9 Å². The Morgan fingerprint density at radius 3 is 2.61 bits per heavy atom. The quantitative estimate of drug-likeness (QED) is 0.352. The molecular weight excluding hydrogens is 430 g/mol. The van der Waals surface area contributed by atoms with Gasteiger partial charge in [-0.3, -0.25) is 10.1 Å². The summed E-state index contributed by atoms with van der Waals surface area (Å²) in [4.78, 5) is 4.81. The molecule has 0 aliphatic heterocycles. The molecule has 1 unspecified atom stereocenters. The first-order valence-electron chi connectivity index (χ1n) is 11.0. The molecule has 2 heterocycles. The van der Waals surface area contributed by atoms with Crippen molar-refractivity contribution in [1.82, 2.24) is 10.1 Å². The molecular formula is C27H29N3O2S. The van der Waals surface area contributed by atoms with E-state index in [1.54, 1.807) is 6.08 Å². The van der Waals surface area contributed by atoms with Crippen LogP contribution in [0.25, 0.3) is 28.3 Å². The van der Waals surface area contributed by atoms with Crippen LogP contribution in [0.3, 0.4) is 0 Å². The topological polar surface area (TPSA) is 82.0 Å². The Morgan fingerprint density at radius 1 is 1.12 bits per heavy atom. The van der Waals surface area contributed by atoms with Gasteiger partial charge in [-0.2, -0.15) is 0 Å². The zero-order valence-corrected chi connectivity index (χ0v) is 20.1. The maximum absolute atomic E-state index is 12.4. The largest absolute Gasteiger partial charge is 0.356 e. The van der Waals surface area contributed by atoms with Crippen molar-refractivity contribution in [2.75, 3.05) is 0 Å². The first kappa shape index (κ1) is 23.1. The van der Waals surface area contributed by atoms with E-state index in [4.69, 9.17) is 14.6 Å². The van der Waals surface area contributed by atoms with E-state index in [0.29, 0.717) is 12.8 Å². The number of nitrogens with zero attached hydrogens (tertiary/aromatic N) is 2. The number of para-hydroxylation sites is 1. The summed E-state index contributed by atoms with van der Waals surface area (Å²) in [5.41, 5.74) is 6.62. The van der Waals surface area contributed by atoms with Gasteiger partial charge in [0.25, 0.3) is 0 Å². The number of aromatic nitrogens is 2. The van der Waals surface area contributed by atoms with Gasteiger partial charge in [0.15, 0.2) is 5.58 Å². The molecule has 2 aromatic carbocycles. The van der Waals surface area contributed by atoms with Crippen molar-refractivity contribution in [3.63, 3.8) is 0 Å². The number of aryl methyl sites for hydroxylation is 1. The number of rotatable bonds is 8. The van der Waals surface area contributed by atoms with Crippen LogP contribution < -0.4 is 5.14 Å². The lowest BCUT2D eigenvalue weighted by atomic mass is 9.82. The highest BCUT2D eigenvalue weighted by Crippen LogP contribution is 2.39. The minimum atomic E-state index is -1.48. The molecule has 0 saturated carbocycles. The molecule has 33 heavy (non-hydrogen) atoms. The third-order valence-corrected chi connectivity index (χ3v) is 7.44. The van der Waals surface area contributed by atoms with Gasteiger partial charge in [0, 0.05) is 16.6 Å². The molecule has 0 spiro atoms. The maximum atomic E-state index is 12.4. The highest BCUT2D eigenvalue weighted by Gasteiger charge is 2.31. The first-order chi connectivity index (χ1) is 15.8. The fourth-order valence-electron chi connectivity index (χ4n) is 4.26. The summed E-state index contributed by atoms with van der Waals surface area (Å²) in [7, 11) is -1.48.